The van der Waals surface area contributed by atoms with Crippen molar-refractivity contribution < 1.29 is 19.0 Å². The molecule has 1 N–H and O–H groups in total. The molecule has 2 aromatic rings. The fraction of sp³-hybridized carbons (Fsp3) is 0.0588. The molecule has 1 aliphatic rings. The van der Waals surface area contributed by atoms with E-state index in [9.17, 15) is 14.3 Å². The molecule has 1 heterocycles. The monoisotopic (exact) mass is 361 g/mol. The molecule has 4 nitrogen and oxygen atoms in total. The third kappa shape index (κ3) is 3.00. The van der Waals surface area contributed by atoms with Crippen LogP contribution in [0.4, 0.5) is 10.1 Å². The van der Waals surface area contributed by atoms with Gasteiger partial charge in [0.25, 0.3) is 5.91 Å². The van der Waals surface area contributed by atoms with Crippen molar-refractivity contribution in [3.8, 4) is 11.5 Å². The van der Waals surface area contributed by atoms with E-state index < -0.39 is 0 Å². The molecule has 0 bridgehead atoms. The summed E-state index contributed by atoms with van der Waals surface area (Å²) >= 11 is 6.37. The second-order valence-electron chi connectivity index (χ2n) is 4.89. The molecule has 0 radical (unpaired) electrons. The Morgan fingerprint density at radius 1 is 1.25 bits per heavy atom. The third-order valence-electron chi connectivity index (χ3n) is 3.42. The summed E-state index contributed by atoms with van der Waals surface area (Å²) in [5, 5.41) is 10.1. The number of halogens is 1. The number of hydrogen-bond acceptors (Lipinski definition) is 5. The Morgan fingerprint density at radius 2 is 1.96 bits per heavy atom. The van der Waals surface area contributed by atoms with E-state index in [1.807, 2.05) is 0 Å². The molecule has 0 aromatic heterocycles. The smallest absolute Gasteiger partial charge is 0.270 e. The number of methoxy groups -OCH3 is 1. The summed E-state index contributed by atoms with van der Waals surface area (Å²) in [7, 11) is 1.45. The number of phenols is 1. The average molecular weight is 361 g/mol. The number of hydrogen-bond donors (Lipinski definition) is 1. The normalized spacial score (nSPS) is 16.1. The lowest BCUT2D eigenvalue weighted by molar-refractivity contribution is -0.113. The molecule has 122 valence electrons. The van der Waals surface area contributed by atoms with Crippen molar-refractivity contribution >= 4 is 46.0 Å². The standard InChI is InChI=1S/C17H12FNO3S2/c1-22-13-4-2-3-10(15(13)20)9-14-16(21)19(17(23)24-14)12-7-5-11(18)6-8-12/h2-9,20H,1H3. The minimum atomic E-state index is -0.388. The maximum absolute atomic E-state index is 13.1. The maximum atomic E-state index is 13.1. The predicted molar refractivity (Wildman–Crippen MR) is 96.7 cm³/mol. The van der Waals surface area contributed by atoms with Crippen molar-refractivity contribution in [2.45, 2.75) is 0 Å². The molecule has 0 unspecified atom stereocenters. The molecule has 1 fully saturated rings. The SMILES string of the molecule is COc1cccc(C=C2SC(=S)N(c3ccc(F)cc3)C2=O)c1O. The summed E-state index contributed by atoms with van der Waals surface area (Å²) in [6, 6.07) is 10.5. The van der Waals surface area contributed by atoms with E-state index in [4.69, 9.17) is 17.0 Å². The number of rotatable bonds is 3. The number of thioether (sulfide) groups is 1. The van der Waals surface area contributed by atoms with Gasteiger partial charge in [-0.1, -0.05) is 36.1 Å². The van der Waals surface area contributed by atoms with Crippen molar-refractivity contribution in [2.24, 2.45) is 0 Å². The van der Waals surface area contributed by atoms with E-state index in [1.165, 1.54) is 36.3 Å². The van der Waals surface area contributed by atoms with Gasteiger partial charge in [-0.2, -0.15) is 0 Å². The Morgan fingerprint density at radius 3 is 2.62 bits per heavy atom. The topological polar surface area (TPSA) is 49.8 Å². The number of thiocarbonyl (C=S) groups is 1. The van der Waals surface area contributed by atoms with Gasteiger partial charge in [-0.15, -0.1) is 0 Å². The Balaban J connectivity index is 1.95. The van der Waals surface area contributed by atoms with Crippen LogP contribution in [0.2, 0.25) is 0 Å². The zero-order valence-corrected chi connectivity index (χ0v) is 14.2. The quantitative estimate of drug-likeness (QED) is 0.663. The number of para-hydroxylation sites is 1. The number of carbonyl (C=O) groups is 1. The molecule has 1 saturated heterocycles. The molecule has 0 aliphatic carbocycles. The van der Waals surface area contributed by atoms with Crippen LogP contribution in [0.1, 0.15) is 5.56 Å². The van der Waals surface area contributed by atoms with Crippen LogP contribution in [0.15, 0.2) is 47.4 Å². The van der Waals surface area contributed by atoms with Gasteiger partial charge in [0, 0.05) is 5.56 Å². The summed E-state index contributed by atoms with van der Waals surface area (Å²) in [6.45, 7) is 0. The summed E-state index contributed by atoms with van der Waals surface area (Å²) < 4.78 is 18.5. The Bertz CT molecular complexity index is 849. The Labute approximate surface area is 147 Å². The summed E-state index contributed by atoms with van der Waals surface area (Å²) in [4.78, 5) is 14.3. The first-order chi connectivity index (χ1) is 11.5. The van der Waals surface area contributed by atoms with Crippen LogP contribution in [-0.2, 0) is 4.79 Å². The van der Waals surface area contributed by atoms with Gasteiger partial charge in [-0.25, -0.2) is 4.39 Å². The molecular weight excluding hydrogens is 349 g/mol. The summed E-state index contributed by atoms with van der Waals surface area (Å²) in [5.41, 5.74) is 0.950. The van der Waals surface area contributed by atoms with Crippen molar-refractivity contribution in [3.63, 3.8) is 0 Å². The highest BCUT2D eigenvalue weighted by molar-refractivity contribution is 8.27. The number of benzene rings is 2. The van der Waals surface area contributed by atoms with Crippen molar-refractivity contribution in [3.05, 3.63) is 58.8 Å². The number of ether oxygens (including phenoxy) is 1. The predicted octanol–water partition coefficient (Wildman–Crippen LogP) is 3.95. The van der Waals surface area contributed by atoms with Crippen molar-refractivity contribution in [2.75, 3.05) is 12.0 Å². The lowest BCUT2D eigenvalue weighted by Gasteiger charge is -2.14. The summed E-state index contributed by atoms with van der Waals surface area (Å²) in [5.74, 6) is -0.440. The fourth-order valence-corrected chi connectivity index (χ4v) is 3.53. The van der Waals surface area contributed by atoms with Gasteiger partial charge in [0.1, 0.15) is 5.82 Å². The lowest BCUT2D eigenvalue weighted by atomic mass is 10.1. The van der Waals surface area contributed by atoms with E-state index in [1.54, 1.807) is 24.3 Å². The number of aromatic hydroxyl groups is 1. The fourth-order valence-electron chi connectivity index (χ4n) is 2.24. The number of anilines is 1. The van der Waals surface area contributed by atoms with E-state index in [0.717, 1.165) is 11.8 Å². The van der Waals surface area contributed by atoms with E-state index in [-0.39, 0.29) is 17.5 Å². The van der Waals surface area contributed by atoms with Crippen LogP contribution in [0.3, 0.4) is 0 Å². The summed E-state index contributed by atoms with van der Waals surface area (Å²) in [6.07, 6.45) is 1.56. The lowest BCUT2D eigenvalue weighted by Crippen LogP contribution is -2.27. The van der Waals surface area contributed by atoms with Crippen LogP contribution in [0.25, 0.3) is 6.08 Å². The first-order valence-corrected chi connectivity index (χ1v) is 8.13. The van der Waals surface area contributed by atoms with Gasteiger partial charge in [0.2, 0.25) is 0 Å². The van der Waals surface area contributed by atoms with Crippen LogP contribution < -0.4 is 9.64 Å². The van der Waals surface area contributed by atoms with E-state index in [2.05, 4.69) is 0 Å². The van der Waals surface area contributed by atoms with Crippen molar-refractivity contribution in [1.82, 2.24) is 0 Å². The third-order valence-corrected chi connectivity index (χ3v) is 4.72. The Hall–Kier alpha value is -2.38. The molecule has 1 amide bonds. The molecule has 1 aliphatic heterocycles. The molecule has 0 atom stereocenters. The number of carbonyl (C=O) groups excluding carboxylic acids is 1. The van der Waals surface area contributed by atoms with Gasteiger partial charge in [-0.3, -0.25) is 9.69 Å². The van der Waals surface area contributed by atoms with Crippen LogP contribution in [0, 0.1) is 5.82 Å². The molecule has 0 spiro atoms. The highest BCUT2D eigenvalue weighted by Gasteiger charge is 2.33. The maximum Gasteiger partial charge on any atom is 0.270 e. The van der Waals surface area contributed by atoms with E-state index in [0.29, 0.717) is 26.2 Å². The second-order valence-corrected chi connectivity index (χ2v) is 6.57. The van der Waals surface area contributed by atoms with Crippen LogP contribution in [-0.4, -0.2) is 22.4 Å². The molecule has 7 heteroatoms. The zero-order chi connectivity index (χ0) is 17.3. The van der Waals surface area contributed by atoms with Gasteiger partial charge in [0.05, 0.1) is 17.7 Å². The Kier molecular flexibility index (Phi) is 4.55. The molecule has 24 heavy (non-hydrogen) atoms. The highest BCUT2D eigenvalue weighted by Crippen LogP contribution is 2.38. The van der Waals surface area contributed by atoms with Gasteiger partial charge < -0.3 is 9.84 Å². The van der Waals surface area contributed by atoms with Crippen LogP contribution in [0.5, 0.6) is 11.5 Å². The first-order valence-electron chi connectivity index (χ1n) is 6.91. The van der Waals surface area contributed by atoms with Gasteiger partial charge in [0.15, 0.2) is 15.8 Å². The van der Waals surface area contributed by atoms with E-state index >= 15 is 0 Å². The molecule has 3 rings (SSSR count). The highest BCUT2D eigenvalue weighted by atomic mass is 32.2. The van der Waals surface area contributed by atoms with Crippen molar-refractivity contribution in [1.29, 1.82) is 0 Å². The minimum Gasteiger partial charge on any atom is -0.504 e. The van der Waals surface area contributed by atoms with Crippen LogP contribution >= 0.6 is 24.0 Å². The van der Waals surface area contributed by atoms with Gasteiger partial charge in [-0.05, 0) is 36.4 Å². The first kappa shape index (κ1) is 16.5. The number of nitrogens with zero attached hydrogens (tertiary/aromatic N) is 1. The molecule has 0 saturated carbocycles. The van der Waals surface area contributed by atoms with Gasteiger partial charge >= 0.3 is 0 Å². The average Bonchev–Trinajstić information content (AvgIpc) is 2.84. The minimum absolute atomic E-state index is 0.0490. The number of phenolic OH excluding ortho intramolecular Hbond substituents is 1. The second kappa shape index (κ2) is 6.62. The number of amides is 1. The molecule has 2 aromatic carbocycles. The zero-order valence-electron chi connectivity index (χ0n) is 12.5. The molecular formula is C17H12FNO3S2. The largest absolute Gasteiger partial charge is 0.504 e.